The minimum Gasteiger partial charge on any atom is -0.394 e. The van der Waals surface area contributed by atoms with E-state index in [1.54, 1.807) is 6.08 Å². The van der Waals surface area contributed by atoms with Crippen LogP contribution in [0.15, 0.2) is 48.6 Å². The van der Waals surface area contributed by atoms with Crippen molar-refractivity contribution in [2.45, 2.75) is 206 Å². The molecule has 0 aromatic heterocycles. The second-order valence-corrected chi connectivity index (χ2v) is 13.3. The molecular formula is C42H77NO3. The minimum atomic E-state index is -0.884. The van der Waals surface area contributed by atoms with Gasteiger partial charge in [-0.1, -0.05) is 184 Å². The van der Waals surface area contributed by atoms with Gasteiger partial charge in [0.1, 0.15) is 0 Å². The van der Waals surface area contributed by atoms with Crippen molar-refractivity contribution in [2.24, 2.45) is 0 Å². The zero-order chi connectivity index (χ0) is 33.6. The molecule has 0 saturated heterocycles. The van der Waals surface area contributed by atoms with Gasteiger partial charge in [-0.05, 0) is 51.4 Å². The van der Waals surface area contributed by atoms with E-state index in [1.165, 1.54) is 135 Å². The second-order valence-electron chi connectivity index (χ2n) is 13.3. The zero-order valence-corrected chi connectivity index (χ0v) is 30.6. The van der Waals surface area contributed by atoms with Gasteiger partial charge in [0.25, 0.3) is 0 Å². The molecule has 0 bridgehead atoms. The highest BCUT2D eigenvalue weighted by atomic mass is 16.3. The molecule has 1 amide bonds. The van der Waals surface area contributed by atoms with Crippen LogP contribution in [0.1, 0.15) is 194 Å². The minimum absolute atomic E-state index is 0.142. The van der Waals surface area contributed by atoms with Crippen molar-refractivity contribution in [3.8, 4) is 0 Å². The highest BCUT2D eigenvalue weighted by Crippen LogP contribution is 2.14. The summed E-state index contributed by atoms with van der Waals surface area (Å²) in [4.78, 5) is 12.3. The summed E-state index contributed by atoms with van der Waals surface area (Å²) in [6.45, 7) is 4.25. The number of aliphatic hydroxyl groups excluding tert-OH is 2. The lowest BCUT2D eigenvalue weighted by atomic mass is 10.0. The number of carbonyl (C=O) groups excluding carboxylic acids is 1. The summed E-state index contributed by atoms with van der Waals surface area (Å²) in [6, 6.07) is -0.668. The molecule has 0 rings (SSSR count). The average Bonchev–Trinajstić information content (AvgIpc) is 3.06. The summed E-state index contributed by atoms with van der Waals surface area (Å²) in [6.07, 6.45) is 50.8. The van der Waals surface area contributed by atoms with E-state index in [1.807, 2.05) is 12.2 Å². The van der Waals surface area contributed by atoms with Gasteiger partial charge in [-0.2, -0.15) is 0 Å². The number of allylic oxidation sites excluding steroid dienone is 7. The molecule has 0 spiro atoms. The van der Waals surface area contributed by atoms with Crippen molar-refractivity contribution in [3.05, 3.63) is 48.6 Å². The van der Waals surface area contributed by atoms with E-state index in [0.29, 0.717) is 12.8 Å². The summed E-state index contributed by atoms with van der Waals surface area (Å²) in [5.41, 5.74) is 0. The van der Waals surface area contributed by atoms with E-state index in [0.717, 1.165) is 32.1 Å². The summed E-state index contributed by atoms with van der Waals surface area (Å²) < 4.78 is 0. The quantitative estimate of drug-likeness (QED) is 0.0475. The predicted molar refractivity (Wildman–Crippen MR) is 202 cm³/mol. The van der Waals surface area contributed by atoms with Gasteiger partial charge in [-0.3, -0.25) is 4.79 Å². The van der Waals surface area contributed by atoms with Gasteiger partial charge >= 0.3 is 0 Å². The topological polar surface area (TPSA) is 69.6 Å². The molecule has 268 valence electrons. The summed E-state index contributed by atoms with van der Waals surface area (Å²) >= 11 is 0. The van der Waals surface area contributed by atoms with Crippen molar-refractivity contribution in [3.63, 3.8) is 0 Å². The number of carbonyl (C=O) groups is 1. The molecule has 4 nitrogen and oxygen atoms in total. The van der Waals surface area contributed by atoms with Crippen molar-refractivity contribution < 1.29 is 15.0 Å². The number of nitrogens with one attached hydrogen (secondary N) is 1. The lowest BCUT2D eigenvalue weighted by Crippen LogP contribution is -2.45. The second kappa shape index (κ2) is 37.8. The Morgan fingerprint density at radius 2 is 0.913 bits per heavy atom. The van der Waals surface area contributed by atoms with Crippen LogP contribution in [-0.4, -0.2) is 34.9 Å². The van der Waals surface area contributed by atoms with Crippen LogP contribution in [0.25, 0.3) is 0 Å². The fourth-order valence-electron chi connectivity index (χ4n) is 5.71. The van der Waals surface area contributed by atoms with Crippen LogP contribution in [0.5, 0.6) is 0 Å². The molecule has 2 unspecified atom stereocenters. The molecule has 0 fully saturated rings. The van der Waals surface area contributed by atoms with Crippen LogP contribution in [-0.2, 0) is 4.79 Å². The molecule has 0 aliphatic heterocycles. The van der Waals surface area contributed by atoms with Crippen LogP contribution in [0.4, 0.5) is 0 Å². The van der Waals surface area contributed by atoms with E-state index in [-0.39, 0.29) is 12.5 Å². The Labute approximate surface area is 286 Å². The zero-order valence-electron chi connectivity index (χ0n) is 30.6. The fourth-order valence-corrected chi connectivity index (χ4v) is 5.71. The highest BCUT2D eigenvalue weighted by molar-refractivity contribution is 5.76. The molecule has 0 aromatic rings. The monoisotopic (exact) mass is 644 g/mol. The van der Waals surface area contributed by atoms with Gasteiger partial charge < -0.3 is 15.5 Å². The van der Waals surface area contributed by atoms with Crippen molar-refractivity contribution in [1.82, 2.24) is 5.32 Å². The van der Waals surface area contributed by atoms with Gasteiger partial charge in [-0.15, -0.1) is 0 Å². The van der Waals surface area contributed by atoms with Gasteiger partial charge in [0.05, 0.1) is 18.8 Å². The summed E-state index contributed by atoms with van der Waals surface area (Å²) in [5.74, 6) is -0.142. The van der Waals surface area contributed by atoms with Crippen molar-refractivity contribution in [1.29, 1.82) is 0 Å². The first-order valence-electron chi connectivity index (χ1n) is 19.9. The van der Waals surface area contributed by atoms with Crippen molar-refractivity contribution >= 4 is 5.91 Å². The average molecular weight is 644 g/mol. The third-order valence-corrected chi connectivity index (χ3v) is 8.80. The number of aliphatic hydroxyl groups is 2. The first kappa shape index (κ1) is 44.4. The van der Waals surface area contributed by atoms with E-state index in [4.69, 9.17) is 0 Å². The Morgan fingerprint density at radius 1 is 0.522 bits per heavy atom. The molecular weight excluding hydrogens is 566 g/mol. The third kappa shape index (κ3) is 33.7. The number of hydrogen-bond donors (Lipinski definition) is 3. The Morgan fingerprint density at radius 3 is 1.39 bits per heavy atom. The number of rotatable bonds is 35. The molecule has 0 heterocycles. The smallest absolute Gasteiger partial charge is 0.220 e. The molecule has 0 aliphatic carbocycles. The SMILES string of the molecule is CCCCCCCC/C=C\C/C=C\CCC(=O)NC(CO)C(O)/C=C/CC/C=C/CCCCCCCCCCCCCCCCC. The summed E-state index contributed by atoms with van der Waals surface area (Å²) in [7, 11) is 0. The molecule has 4 heteroatoms. The predicted octanol–water partition coefficient (Wildman–Crippen LogP) is 12.0. The van der Waals surface area contributed by atoms with Gasteiger partial charge in [-0.25, -0.2) is 0 Å². The number of hydrogen-bond acceptors (Lipinski definition) is 3. The molecule has 0 aliphatic rings. The standard InChI is InChI=1S/C42H77NO3/c1-3-5-7-9-11-13-15-17-18-19-20-21-22-23-24-26-27-29-31-33-35-37-41(45)40(39-44)43-42(46)38-36-34-32-30-28-25-16-14-12-10-8-6-4-2/h25,27-29,32,34-35,37,40-41,44-45H,3-24,26,30-31,33,36,38-39H2,1-2H3,(H,43,46)/b28-25-,29-27+,34-32-,37-35+. The first-order valence-corrected chi connectivity index (χ1v) is 19.9. The Balaban J connectivity index is 3.70. The highest BCUT2D eigenvalue weighted by Gasteiger charge is 2.17. The largest absolute Gasteiger partial charge is 0.394 e. The van der Waals surface area contributed by atoms with Crippen LogP contribution in [0, 0.1) is 0 Å². The normalized spacial score (nSPS) is 13.6. The first-order chi connectivity index (χ1) is 22.7. The fraction of sp³-hybridized carbons (Fsp3) is 0.786. The lowest BCUT2D eigenvalue weighted by Gasteiger charge is -2.19. The maximum Gasteiger partial charge on any atom is 0.220 e. The van der Waals surface area contributed by atoms with E-state index in [9.17, 15) is 15.0 Å². The Bertz CT molecular complexity index is 741. The van der Waals surface area contributed by atoms with Crippen LogP contribution in [0.3, 0.4) is 0 Å². The molecule has 2 atom stereocenters. The maximum atomic E-state index is 12.3. The molecule has 3 N–H and O–H groups in total. The Hall–Kier alpha value is -1.65. The maximum absolute atomic E-state index is 12.3. The van der Waals surface area contributed by atoms with Crippen LogP contribution < -0.4 is 5.32 Å². The molecule has 0 aromatic carbocycles. The van der Waals surface area contributed by atoms with E-state index >= 15 is 0 Å². The summed E-state index contributed by atoms with van der Waals surface area (Å²) in [5, 5.41) is 22.8. The van der Waals surface area contributed by atoms with Gasteiger partial charge in [0, 0.05) is 6.42 Å². The molecule has 46 heavy (non-hydrogen) atoms. The van der Waals surface area contributed by atoms with Crippen molar-refractivity contribution in [2.75, 3.05) is 6.61 Å². The Kier molecular flexibility index (Phi) is 36.4. The van der Waals surface area contributed by atoms with Crippen LogP contribution >= 0.6 is 0 Å². The van der Waals surface area contributed by atoms with Gasteiger partial charge in [0.2, 0.25) is 5.91 Å². The van der Waals surface area contributed by atoms with Crippen LogP contribution in [0.2, 0.25) is 0 Å². The molecule has 0 saturated carbocycles. The van der Waals surface area contributed by atoms with Gasteiger partial charge in [0.15, 0.2) is 0 Å². The lowest BCUT2D eigenvalue weighted by molar-refractivity contribution is -0.122. The van der Waals surface area contributed by atoms with E-state index in [2.05, 4.69) is 49.5 Å². The van der Waals surface area contributed by atoms with E-state index < -0.39 is 12.1 Å². The number of amides is 1. The third-order valence-electron chi connectivity index (χ3n) is 8.80. The molecule has 0 radical (unpaired) electrons. The number of unbranched alkanes of at least 4 members (excludes halogenated alkanes) is 22.